The topological polar surface area (TPSA) is 60.0 Å². The monoisotopic (exact) mass is 467 g/mol. The highest BCUT2D eigenvalue weighted by molar-refractivity contribution is 5.79. The molecule has 6 rings (SSSR count). The number of para-hydroxylation sites is 4. The zero-order valence-corrected chi connectivity index (χ0v) is 19.8. The Bertz CT molecular complexity index is 1370. The molecule has 2 atom stereocenters. The summed E-state index contributed by atoms with van der Waals surface area (Å²) in [7, 11) is 0. The van der Waals surface area contributed by atoms with Crippen LogP contribution in [-0.2, 0) is 0 Å². The van der Waals surface area contributed by atoms with Gasteiger partial charge in [0.15, 0.2) is 11.5 Å². The highest BCUT2D eigenvalue weighted by Crippen LogP contribution is 2.54. The molecule has 1 heterocycles. The van der Waals surface area contributed by atoms with E-state index in [1.807, 2.05) is 48.5 Å². The maximum absolute atomic E-state index is 9.35. The first-order chi connectivity index (χ1) is 17.8. The third-order valence-corrected chi connectivity index (χ3v) is 7.56. The van der Waals surface area contributed by atoms with Gasteiger partial charge in [0.05, 0.1) is 34.6 Å². The van der Waals surface area contributed by atoms with Gasteiger partial charge in [-0.15, -0.1) is 0 Å². The molecule has 0 spiro atoms. The summed E-state index contributed by atoms with van der Waals surface area (Å²) in [6.45, 7) is 0. The smallest absolute Gasteiger partial charge is 0.151 e. The van der Waals surface area contributed by atoms with E-state index in [-0.39, 0.29) is 17.9 Å². The lowest BCUT2D eigenvalue weighted by Crippen LogP contribution is -2.44. The molecular formula is C32H25N3O. The lowest BCUT2D eigenvalue weighted by atomic mass is 9.70. The standard InChI is InChI=1S/C32H25N3O/c33-20-22-12-16-24(17-13-22)26-6-5-7-27(25-18-14-23(21-34)15-19-25)32(26)35-28-8-1-3-10-30(28)36-31-11-4-2-9-29(31)35/h1-4,8-19,26-27,32H,5-7H2. The van der Waals surface area contributed by atoms with Gasteiger partial charge >= 0.3 is 0 Å². The molecule has 0 saturated heterocycles. The predicted octanol–water partition coefficient (Wildman–Crippen LogP) is 7.79. The lowest BCUT2D eigenvalue weighted by molar-refractivity contribution is 0.329. The second kappa shape index (κ2) is 9.25. The quantitative estimate of drug-likeness (QED) is 0.308. The second-order valence-electron chi connectivity index (χ2n) is 9.51. The van der Waals surface area contributed by atoms with Gasteiger partial charge in [-0.05, 0) is 72.5 Å². The van der Waals surface area contributed by atoms with E-state index < -0.39 is 0 Å². The van der Waals surface area contributed by atoms with Gasteiger partial charge in [0, 0.05) is 17.9 Å². The number of hydrogen-bond acceptors (Lipinski definition) is 4. The van der Waals surface area contributed by atoms with E-state index in [0.29, 0.717) is 11.1 Å². The zero-order valence-electron chi connectivity index (χ0n) is 19.8. The van der Waals surface area contributed by atoms with E-state index in [4.69, 9.17) is 4.74 Å². The van der Waals surface area contributed by atoms with E-state index in [1.165, 1.54) is 11.1 Å². The molecule has 1 aliphatic carbocycles. The lowest BCUT2D eigenvalue weighted by Gasteiger charge is -2.48. The Kier molecular flexibility index (Phi) is 5.64. The van der Waals surface area contributed by atoms with Crippen LogP contribution in [0.25, 0.3) is 0 Å². The van der Waals surface area contributed by atoms with E-state index in [1.54, 1.807) is 0 Å². The SMILES string of the molecule is N#Cc1ccc(C2CCCC(c3ccc(C#N)cc3)C2N2c3ccccc3Oc3ccccc32)cc1. The fourth-order valence-electron chi connectivity index (χ4n) is 5.93. The number of fused-ring (bicyclic) bond motifs is 2. The molecule has 0 aromatic heterocycles. The minimum Gasteiger partial charge on any atom is -0.453 e. The van der Waals surface area contributed by atoms with Gasteiger partial charge in [0.2, 0.25) is 0 Å². The molecule has 4 aromatic carbocycles. The Hall–Kier alpha value is -4.54. The van der Waals surface area contributed by atoms with Crippen molar-refractivity contribution in [3.8, 4) is 23.6 Å². The number of hydrogen-bond donors (Lipinski definition) is 0. The fourth-order valence-corrected chi connectivity index (χ4v) is 5.93. The molecule has 174 valence electrons. The van der Waals surface area contributed by atoms with Crippen LogP contribution in [0.1, 0.15) is 53.4 Å². The number of nitriles is 2. The highest BCUT2D eigenvalue weighted by Gasteiger charge is 2.42. The van der Waals surface area contributed by atoms with Crippen LogP contribution in [0.4, 0.5) is 11.4 Å². The van der Waals surface area contributed by atoms with Gasteiger partial charge in [-0.3, -0.25) is 0 Å². The van der Waals surface area contributed by atoms with Crippen molar-refractivity contribution in [2.45, 2.75) is 37.1 Å². The summed E-state index contributed by atoms with van der Waals surface area (Å²) in [6.07, 6.45) is 3.23. The Morgan fingerprint density at radius 3 is 1.50 bits per heavy atom. The Balaban J connectivity index is 1.54. The van der Waals surface area contributed by atoms with Gasteiger partial charge < -0.3 is 9.64 Å². The molecule has 0 bridgehead atoms. The molecular weight excluding hydrogens is 442 g/mol. The van der Waals surface area contributed by atoms with Crippen LogP contribution in [0, 0.1) is 22.7 Å². The largest absolute Gasteiger partial charge is 0.453 e. The van der Waals surface area contributed by atoms with Crippen molar-refractivity contribution in [1.29, 1.82) is 10.5 Å². The molecule has 36 heavy (non-hydrogen) atoms. The van der Waals surface area contributed by atoms with Crippen LogP contribution in [0.15, 0.2) is 97.1 Å². The summed E-state index contributed by atoms with van der Waals surface area (Å²) >= 11 is 0. The summed E-state index contributed by atoms with van der Waals surface area (Å²) in [6, 6.07) is 37.4. The third-order valence-electron chi connectivity index (χ3n) is 7.56. The minimum atomic E-state index is 0.130. The average molecular weight is 468 g/mol. The summed E-state index contributed by atoms with van der Waals surface area (Å²) in [5.74, 6) is 2.23. The van der Waals surface area contributed by atoms with Crippen molar-refractivity contribution in [3.05, 3.63) is 119 Å². The first-order valence-corrected chi connectivity index (χ1v) is 12.4. The van der Waals surface area contributed by atoms with Gasteiger partial charge in [-0.2, -0.15) is 10.5 Å². The first kappa shape index (κ1) is 22.0. The molecule has 1 fully saturated rings. The summed E-state index contributed by atoms with van der Waals surface area (Å²) in [5.41, 5.74) is 5.99. The van der Waals surface area contributed by atoms with Crippen LogP contribution >= 0.6 is 0 Å². The van der Waals surface area contributed by atoms with E-state index in [2.05, 4.69) is 65.6 Å². The van der Waals surface area contributed by atoms with Crippen LogP contribution in [0.5, 0.6) is 11.5 Å². The van der Waals surface area contributed by atoms with Gasteiger partial charge in [0.25, 0.3) is 0 Å². The molecule has 1 saturated carbocycles. The van der Waals surface area contributed by atoms with Gasteiger partial charge in [-0.1, -0.05) is 55.0 Å². The van der Waals surface area contributed by atoms with Gasteiger partial charge in [0.1, 0.15) is 0 Å². The van der Waals surface area contributed by atoms with Crippen molar-refractivity contribution < 1.29 is 4.74 Å². The van der Waals surface area contributed by atoms with Crippen LogP contribution < -0.4 is 9.64 Å². The van der Waals surface area contributed by atoms with Crippen molar-refractivity contribution in [1.82, 2.24) is 0 Å². The third kappa shape index (κ3) is 3.78. The first-order valence-electron chi connectivity index (χ1n) is 12.4. The van der Waals surface area contributed by atoms with Crippen molar-refractivity contribution in [3.63, 3.8) is 0 Å². The van der Waals surface area contributed by atoms with Crippen LogP contribution in [0.3, 0.4) is 0 Å². The molecule has 2 aliphatic rings. The number of anilines is 2. The Labute approximate surface area is 211 Å². The summed E-state index contributed by atoms with van der Waals surface area (Å²) in [5, 5.41) is 18.7. The molecule has 4 heteroatoms. The molecule has 1 aliphatic heterocycles. The normalized spacial score (nSPS) is 20.3. The maximum atomic E-state index is 9.35. The number of nitrogens with zero attached hydrogens (tertiary/aromatic N) is 3. The molecule has 0 amide bonds. The Morgan fingerprint density at radius 2 is 1.06 bits per heavy atom. The predicted molar refractivity (Wildman–Crippen MR) is 141 cm³/mol. The van der Waals surface area contributed by atoms with Crippen LogP contribution in [-0.4, -0.2) is 6.04 Å². The fraction of sp³-hybridized carbons (Fsp3) is 0.188. The molecule has 0 N–H and O–H groups in total. The van der Waals surface area contributed by atoms with E-state index in [0.717, 1.165) is 42.1 Å². The Morgan fingerprint density at radius 1 is 0.611 bits per heavy atom. The van der Waals surface area contributed by atoms with E-state index in [9.17, 15) is 10.5 Å². The molecule has 2 unspecified atom stereocenters. The maximum Gasteiger partial charge on any atom is 0.151 e. The van der Waals surface area contributed by atoms with Crippen molar-refractivity contribution in [2.24, 2.45) is 0 Å². The van der Waals surface area contributed by atoms with Crippen molar-refractivity contribution >= 4 is 11.4 Å². The molecule has 4 aromatic rings. The molecule has 0 radical (unpaired) electrons. The highest BCUT2D eigenvalue weighted by atomic mass is 16.5. The van der Waals surface area contributed by atoms with E-state index >= 15 is 0 Å². The zero-order chi connectivity index (χ0) is 24.5. The number of ether oxygens (including phenoxy) is 1. The second-order valence-corrected chi connectivity index (χ2v) is 9.51. The van der Waals surface area contributed by atoms with Crippen molar-refractivity contribution in [2.75, 3.05) is 4.90 Å². The molecule has 4 nitrogen and oxygen atoms in total. The number of benzene rings is 4. The summed E-state index contributed by atoms with van der Waals surface area (Å²) in [4.78, 5) is 2.49. The van der Waals surface area contributed by atoms with Gasteiger partial charge in [-0.25, -0.2) is 0 Å². The average Bonchev–Trinajstić information content (AvgIpc) is 2.95. The summed E-state index contributed by atoms with van der Waals surface area (Å²) < 4.78 is 6.33. The minimum absolute atomic E-state index is 0.130. The van der Waals surface area contributed by atoms with Crippen LogP contribution in [0.2, 0.25) is 0 Å². The number of rotatable bonds is 3.